The maximum absolute atomic E-state index is 14.0. The van der Waals surface area contributed by atoms with Crippen LogP contribution >= 0.6 is 11.6 Å². The first-order chi connectivity index (χ1) is 18.4. The number of amides is 2. The van der Waals surface area contributed by atoms with Crippen LogP contribution in [0.5, 0.6) is 0 Å². The fourth-order valence-electron chi connectivity index (χ4n) is 4.05. The molecule has 0 saturated carbocycles. The van der Waals surface area contributed by atoms with Gasteiger partial charge in [-0.3, -0.25) is 13.9 Å². The molecular weight excluding hydrogens is 541 g/mol. The summed E-state index contributed by atoms with van der Waals surface area (Å²) in [4.78, 5) is 28.8. The SMILES string of the molecule is CC(C)CNC(=O)C(Cc1ccccc1)N(Cc1cccc(Cl)c1)C(=O)CN(c1cccc(F)c1)S(C)(=O)=O. The Morgan fingerprint density at radius 2 is 1.62 bits per heavy atom. The summed E-state index contributed by atoms with van der Waals surface area (Å²) in [5.74, 6) is -1.44. The van der Waals surface area contributed by atoms with Gasteiger partial charge in [0, 0.05) is 24.5 Å². The van der Waals surface area contributed by atoms with Crippen molar-refractivity contribution in [2.45, 2.75) is 32.9 Å². The van der Waals surface area contributed by atoms with Crippen LogP contribution in [0.25, 0.3) is 0 Å². The Hall–Kier alpha value is -3.43. The summed E-state index contributed by atoms with van der Waals surface area (Å²) in [5, 5.41) is 3.38. The van der Waals surface area contributed by atoms with E-state index in [1.165, 1.54) is 23.1 Å². The topological polar surface area (TPSA) is 86.8 Å². The van der Waals surface area contributed by atoms with Crippen molar-refractivity contribution in [1.29, 1.82) is 0 Å². The molecule has 39 heavy (non-hydrogen) atoms. The van der Waals surface area contributed by atoms with Gasteiger partial charge < -0.3 is 10.2 Å². The van der Waals surface area contributed by atoms with Crippen molar-refractivity contribution >= 4 is 39.1 Å². The van der Waals surface area contributed by atoms with Crippen LogP contribution in [0.1, 0.15) is 25.0 Å². The van der Waals surface area contributed by atoms with Gasteiger partial charge in [0.1, 0.15) is 18.4 Å². The van der Waals surface area contributed by atoms with Gasteiger partial charge in [-0.2, -0.15) is 0 Å². The van der Waals surface area contributed by atoms with E-state index in [-0.39, 0.29) is 30.5 Å². The number of anilines is 1. The minimum Gasteiger partial charge on any atom is -0.354 e. The summed E-state index contributed by atoms with van der Waals surface area (Å²) in [6.45, 7) is 3.72. The lowest BCUT2D eigenvalue weighted by molar-refractivity contribution is -0.140. The Kier molecular flexibility index (Phi) is 10.5. The van der Waals surface area contributed by atoms with Gasteiger partial charge in [-0.15, -0.1) is 0 Å². The predicted molar refractivity (Wildman–Crippen MR) is 152 cm³/mol. The number of sulfonamides is 1. The second-order valence-electron chi connectivity index (χ2n) is 9.75. The van der Waals surface area contributed by atoms with Crippen LogP contribution in [0.2, 0.25) is 5.02 Å². The highest BCUT2D eigenvalue weighted by Crippen LogP contribution is 2.22. The third-order valence-electron chi connectivity index (χ3n) is 5.97. The van der Waals surface area contributed by atoms with E-state index in [2.05, 4.69) is 5.32 Å². The standard InChI is InChI=1S/C29H33ClFN3O4S/c1-21(2)18-32-29(36)27(16-22-9-5-4-6-10-22)33(19-23-11-7-12-24(30)15-23)28(35)20-34(39(3,37)38)26-14-8-13-25(31)17-26/h4-15,17,21,27H,16,18-20H2,1-3H3,(H,32,36). The maximum Gasteiger partial charge on any atom is 0.244 e. The van der Waals surface area contributed by atoms with Crippen LogP contribution in [-0.2, 0) is 32.6 Å². The van der Waals surface area contributed by atoms with Crippen molar-refractivity contribution in [3.05, 3.63) is 101 Å². The van der Waals surface area contributed by atoms with Crippen molar-refractivity contribution < 1.29 is 22.4 Å². The third kappa shape index (κ3) is 9.07. The molecule has 2 amide bonds. The van der Waals surface area contributed by atoms with Crippen LogP contribution < -0.4 is 9.62 Å². The average molecular weight is 574 g/mol. The Bertz CT molecular complexity index is 1390. The normalized spacial score (nSPS) is 12.2. The molecule has 0 fully saturated rings. The van der Waals surface area contributed by atoms with Gasteiger partial charge in [-0.1, -0.05) is 74.0 Å². The molecule has 0 radical (unpaired) electrons. The van der Waals surface area contributed by atoms with Gasteiger partial charge in [-0.05, 0) is 47.4 Å². The zero-order valence-electron chi connectivity index (χ0n) is 22.2. The van der Waals surface area contributed by atoms with E-state index >= 15 is 0 Å². The number of carbonyl (C=O) groups is 2. The molecule has 0 bridgehead atoms. The monoisotopic (exact) mass is 573 g/mol. The number of hydrogen-bond acceptors (Lipinski definition) is 4. The molecule has 0 aliphatic rings. The molecule has 0 heterocycles. The molecule has 3 aromatic carbocycles. The van der Waals surface area contributed by atoms with E-state index in [1.54, 1.807) is 24.3 Å². The number of benzene rings is 3. The van der Waals surface area contributed by atoms with E-state index in [0.717, 1.165) is 22.2 Å². The Morgan fingerprint density at radius 1 is 0.949 bits per heavy atom. The van der Waals surface area contributed by atoms with Crippen molar-refractivity contribution in [2.75, 3.05) is 23.7 Å². The fourth-order valence-corrected chi connectivity index (χ4v) is 5.11. The molecule has 1 N–H and O–H groups in total. The van der Waals surface area contributed by atoms with E-state index in [0.29, 0.717) is 17.1 Å². The number of carbonyl (C=O) groups excluding carboxylic acids is 2. The molecule has 208 valence electrons. The number of nitrogens with zero attached hydrogens (tertiary/aromatic N) is 2. The molecule has 1 unspecified atom stereocenters. The van der Waals surface area contributed by atoms with Gasteiger partial charge in [0.15, 0.2) is 0 Å². The zero-order valence-corrected chi connectivity index (χ0v) is 23.8. The largest absolute Gasteiger partial charge is 0.354 e. The lowest BCUT2D eigenvalue weighted by Crippen LogP contribution is -2.53. The minimum absolute atomic E-state index is 0.00669. The molecule has 10 heteroatoms. The molecule has 0 spiro atoms. The Balaban J connectivity index is 2.05. The number of nitrogens with one attached hydrogen (secondary N) is 1. The van der Waals surface area contributed by atoms with Gasteiger partial charge in [0.25, 0.3) is 0 Å². The summed E-state index contributed by atoms with van der Waals surface area (Å²) in [7, 11) is -3.97. The van der Waals surface area contributed by atoms with Crippen LogP contribution in [0, 0.1) is 11.7 Å². The Labute approximate surface area is 234 Å². The van der Waals surface area contributed by atoms with Crippen LogP contribution in [0.3, 0.4) is 0 Å². The summed E-state index contributed by atoms with van der Waals surface area (Å²) < 4.78 is 40.2. The van der Waals surface area contributed by atoms with Gasteiger partial charge in [0.2, 0.25) is 21.8 Å². The number of hydrogen-bond donors (Lipinski definition) is 1. The first-order valence-corrected chi connectivity index (χ1v) is 14.8. The minimum atomic E-state index is -3.97. The second kappa shape index (κ2) is 13.6. The van der Waals surface area contributed by atoms with Gasteiger partial charge >= 0.3 is 0 Å². The zero-order chi connectivity index (χ0) is 28.6. The quantitative estimate of drug-likeness (QED) is 0.341. The van der Waals surface area contributed by atoms with Gasteiger partial charge in [0.05, 0.1) is 11.9 Å². The lowest BCUT2D eigenvalue weighted by atomic mass is 10.0. The third-order valence-corrected chi connectivity index (χ3v) is 7.35. The van der Waals surface area contributed by atoms with Crippen molar-refractivity contribution in [2.24, 2.45) is 5.92 Å². The van der Waals surface area contributed by atoms with Crippen LogP contribution in [0.15, 0.2) is 78.9 Å². The summed E-state index contributed by atoms with van der Waals surface area (Å²) in [5.41, 5.74) is 1.51. The van der Waals surface area contributed by atoms with Gasteiger partial charge in [-0.25, -0.2) is 12.8 Å². The van der Waals surface area contributed by atoms with E-state index < -0.39 is 34.3 Å². The maximum atomic E-state index is 14.0. The summed E-state index contributed by atoms with van der Waals surface area (Å²) in [6, 6.07) is 20.2. The molecule has 3 rings (SSSR count). The molecule has 0 aromatic heterocycles. The molecule has 1 atom stereocenters. The van der Waals surface area contributed by atoms with Crippen molar-refractivity contribution in [1.82, 2.24) is 10.2 Å². The van der Waals surface area contributed by atoms with E-state index in [9.17, 15) is 22.4 Å². The lowest BCUT2D eigenvalue weighted by Gasteiger charge is -2.33. The van der Waals surface area contributed by atoms with E-state index in [1.807, 2.05) is 44.2 Å². The fraction of sp³-hybridized carbons (Fsp3) is 0.310. The van der Waals surface area contributed by atoms with E-state index in [4.69, 9.17) is 11.6 Å². The smallest absolute Gasteiger partial charge is 0.244 e. The predicted octanol–water partition coefficient (Wildman–Crippen LogP) is 4.66. The summed E-state index contributed by atoms with van der Waals surface area (Å²) >= 11 is 6.20. The van der Waals surface area contributed by atoms with Crippen molar-refractivity contribution in [3.8, 4) is 0 Å². The number of halogens is 2. The van der Waals surface area contributed by atoms with Crippen molar-refractivity contribution in [3.63, 3.8) is 0 Å². The number of rotatable bonds is 12. The average Bonchev–Trinajstić information content (AvgIpc) is 2.87. The molecule has 0 aliphatic carbocycles. The summed E-state index contributed by atoms with van der Waals surface area (Å²) in [6.07, 6.45) is 1.15. The molecule has 3 aromatic rings. The highest BCUT2D eigenvalue weighted by molar-refractivity contribution is 7.92. The van der Waals surface area contributed by atoms with Crippen LogP contribution in [0.4, 0.5) is 10.1 Å². The second-order valence-corrected chi connectivity index (χ2v) is 12.1. The molecular formula is C29H33ClFN3O4S. The first-order valence-electron chi connectivity index (χ1n) is 12.5. The first kappa shape index (κ1) is 30.1. The molecule has 0 aliphatic heterocycles. The Morgan fingerprint density at radius 3 is 2.23 bits per heavy atom. The highest BCUT2D eigenvalue weighted by atomic mass is 35.5. The molecule has 0 saturated heterocycles. The van der Waals surface area contributed by atoms with Crippen LogP contribution in [-0.4, -0.2) is 50.5 Å². The highest BCUT2D eigenvalue weighted by Gasteiger charge is 2.33. The molecule has 7 nitrogen and oxygen atoms in total.